The van der Waals surface area contributed by atoms with E-state index in [-0.39, 0.29) is 12.0 Å². The second-order valence-corrected chi connectivity index (χ2v) is 5.78. The standard InChI is InChI=1S/C18H22N2O3/c1-2-22-18(21)16-10-6-7-11-20(16)13-15-12-19-23-17(15)14-8-4-3-5-9-14/h3-5,8-9,12,16H,2,6-7,10-11,13H2,1H3/t16-/m1/s1. The van der Waals surface area contributed by atoms with Gasteiger partial charge in [0, 0.05) is 17.7 Å². The van der Waals surface area contributed by atoms with Gasteiger partial charge in [-0.15, -0.1) is 0 Å². The lowest BCUT2D eigenvalue weighted by Gasteiger charge is -2.33. The molecule has 0 saturated carbocycles. The Kier molecular flexibility index (Phi) is 5.08. The normalized spacial score (nSPS) is 18.7. The van der Waals surface area contributed by atoms with Crippen LogP contribution in [0, 0.1) is 0 Å². The maximum atomic E-state index is 12.2. The molecule has 0 N–H and O–H groups in total. The minimum absolute atomic E-state index is 0.120. The Bertz CT molecular complexity index is 639. The molecule has 0 amide bonds. The Morgan fingerprint density at radius 3 is 2.96 bits per heavy atom. The monoisotopic (exact) mass is 314 g/mol. The summed E-state index contributed by atoms with van der Waals surface area (Å²) in [6.07, 6.45) is 4.76. The van der Waals surface area contributed by atoms with Gasteiger partial charge in [-0.05, 0) is 26.3 Å². The van der Waals surface area contributed by atoms with Crippen molar-refractivity contribution < 1.29 is 14.1 Å². The van der Waals surface area contributed by atoms with Gasteiger partial charge in [-0.2, -0.15) is 0 Å². The van der Waals surface area contributed by atoms with E-state index >= 15 is 0 Å². The highest BCUT2D eigenvalue weighted by Crippen LogP contribution is 2.27. The molecule has 0 radical (unpaired) electrons. The van der Waals surface area contributed by atoms with Crippen LogP contribution in [0.3, 0.4) is 0 Å². The molecule has 3 rings (SSSR count). The molecular weight excluding hydrogens is 292 g/mol. The molecule has 122 valence electrons. The molecule has 1 aromatic heterocycles. The number of aromatic nitrogens is 1. The summed E-state index contributed by atoms with van der Waals surface area (Å²) in [6, 6.07) is 9.77. The number of likely N-dealkylation sites (tertiary alicyclic amines) is 1. The van der Waals surface area contributed by atoms with E-state index in [4.69, 9.17) is 9.26 Å². The van der Waals surface area contributed by atoms with E-state index in [0.29, 0.717) is 13.2 Å². The smallest absolute Gasteiger partial charge is 0.323 e. The summed E-state index contributed by atoms with van der Waals surface area (Å²) < 4.78 is 10.7. The van der Waals surface area contributed by atoms with Gasteiger partial charge in [-0.3, -0.25) is 9.69 Å². The number of carbonyl (C=O) groups is 1. The second-order valence-electron chi connectivity index (χ2n) is 5.78. The lowest BCUT2D eigenvalue weighted by Crippen LogP contribution is -2.44. The van der Waals surface area contributed by atoms with Crippen molar-refractivity contribution in [2.24, 2.45) is 0 Å². The quantitative estimate of drug-likeness (QED) is 0.793. The van der Waals surface area contributed by atoms with E-state index in [0.717, 1.165) is 42.7 Å². The molecular formula is C18H22N2O3. The molecule has 2 heterocycles. The predicted molar refractivity (Wildman–Crippen MR) is 86.6 cm³/mol. The molecule has 2 aromatic rings. The van der Waals surface area contributed by atoms with Crippen molar-refractivity contribution in [3.05, 3.63) is 42.1 Å². The van der Waals surface area contributed by atoms with Crippen molar-refractivity contribution >= 4 is 5.97 Å². The van der Waals surface area contributed by atoms with Gasteiger partial charge in [0.25, 0.3) is 0 Å². The maximum absolute atomic E-state index is 12.2. The van der Waals surface area contributed by atoms with E-state index in [1.807, 2.05) is 37.3 Å². The van der Waals surface area contributed by atoms with Gasteiger partial charge in [-0.1, -0.05) is 41.9 Å². The SMILES string of the molecule is CCOC(=O)[C@H]1CCCCN1Cc1cnoc1-c1ccccc1. The Morgan fingerprint density at radius 1 is 1.35 bits per heavy atom. The molecule has 1 aromatic carbocycles. The molecule has 1 fully saturated rings. The molecule has 0 bridgehead atoms. The Hall–Kier alpha value is -2.14. The highest BCUT2D eigenvalue weighted by Gasteiger charge is 2.30. The van der Waals surface area contributed by atoms with Crippen LogP contribution >= 0.6 is 0 Å². The van der Waals surface area contributed by atoms with Gasteiger partial charge in [0.15, 0.2) is 5.76 Å². The lowest BCUT2D eigenvalue weighted by molar-refractivity contribution is -0.151. The zero-order valence-electron chi connectivity index (χ0n) is 13.4. The minimum Gasteiger partial charge on any atom is -0.465 e. The van der Waals surface area contributed by atoms with Crippen LogP contribution in [0.25, 0.3) is 11.3 Å². The number of rotatable bonds is 5. The van der Waals surface area contributed by atoms with Crippen LogP contribution in [0.2, 0.25) is 0 Å². The third kappa shape index (κ3) is 3.62. The topological polar surface area (TPSA) is 55.6 Å². The fourth-order valence-corrected chi connectivity index (χ4v) is 3.10. The number of hydrogen-bond acceptors (Lipinski definition) is 5. The highest BCUT2D eigenvalue weighted by molar-refractivity contribution is 5.76. The molecule has 0 aliphatic carbocycles. The number of ether oxygens (including phenoxy) is 1. The summed E-state index contributed by atoms with van der Waals surface area (Å²) in [5, 5.41) is 3.95. The van der Waals surface area contributed by atoms with Crippen LogP contribution in [0.5, 0.6) is 0 Å². The first-order chi connectivity index (χ1) is 11.3. The summed E-state index contributed by atoms with van der Waals surface area (Å²) >= 11 is 0. The third-order valence-electron chi connectivity index (χ3n) is 4.23. The van der Waals surface area contributed by atoms with Crippen LogP contribution < -0.4 is 0 Å². The molecule has 0 spiro atoms. The van der Waals surface area contributed by atoms with Crippen LogP contribution in [0.15, 0.2) is 41.1 Å². The largest absolute Gasteiger partial charge is 0.465 e. The van der Waals surface area contributed by atoms with Crippen molar-refractivity contribution in [1.82, 2.24) is 10.1 Å². The van der Waals surface area contributed by atoms with Gasteiger partial charge in [0.1, 0.15) is 6.04 Å². The van der Waals surface area contributed by atoms with E-state index in [2.05, 4.69) is 10.1 Å². The number of piperidine rings is 1. The van der Waals surface area contributed by atoms with Gasteiger partial charge in [0.05, 0.1) is 12.8 Å². The molecule has 1 atom stereocenters. The lowest BCUT2D eigenvalue weighted by atomic mass is 10.0. The first-order valence-corrected chi connectivity index (χ1v) is 8.19. The van der Waals surface area contributed by atoms with Crippen LogP contribution in [-0.4, -0.2) is 35.2 Å². The average molecular weight is 314 g/mol. The van der Waals surface area contributed by atoms with Gasteiger partial charge >= 0.3 is 5.97 Å². The number of nitrogens with zero attached hydrogens (tertiary/aromatic N) is 2. The zero-order valence-corrected chi connectivity index (χ0v) is 13.4. The van der Waals surface area contributed by atoms with Crippen LogP contribution in [0.4, 0.5) is 0 Å². The van der Waals surface area contributed by atoms with Crippen molar-refractivity contribution in [3.63, 3.8) is 0 Å². The fourth-order valence-electron chi connectivity index (χ4n) is 3.10. The van der Waals surface area contributed by atoms with E-state index in [1.54, 1.807) is 6.20 Å². The van der Waals surface area contributed by atoms with Crippen molar-refractivity contribution in [3.8, 4) is 11.3 Å². The summed E-state index contributed by atoms with van der Waals surface area (Å²) in [7, 11) is 0. The first-order valence-electron chi connectivity index (χ1n) is 8.19. The predicted octanol–water partition coefficient (Wildman–Crippen LogP) is 3.26. The molecule has 1 aliphatic rings. The molecule has 5 heteroatoms. The zero-order chi connectivity index (χ0) is 16.1. The van der Waals surface area contributed by atoms with E-state index < -0.39 is 0 Å². The number of benzene rings is 1. The van der Waals surface area contributed by atoms with E-state index in [1.165, 1.54) is 0 Å². The van der Waals surface area contributed by atoms with Crippen molar-refractivity contribution in [1.29, 1.82) is 0 Å². The fraction of sp³-hybridized carbons (Fsp3) is 0.444. The number of esters is 1. The van der Waals surface area contributed by atoms with Gasteiger partial charge in [-0.25, -0.2) is 0 Å². The minimum atomic E-state index is -0.165. The summed E-state index contributed by atoms with van der Waals surface area (Å²) in [5.74, 6) is 0.656. The van der Waals surface area contributed by atoms with Crippen molar-refractivity contribution in [2.45, 2.75) is 38.8 Å². The average Bonchev–Trinajstić information content (AvgIpc) is 3.04. The third-order valence-corrected chi connectivity index (χ3v) is 4.23. The Labute approximate surface area is 136 Å². The van der Waals surface area contributed by atoms with Crippen molar-refractivity contribution in [2.75, 3.05) is 13.2 Å². The first kappa shape index (κ1) is 15.7. The van der Waals surface area contributed by atoms with Crippen LogP contribution in [-0.2, 0) is 16.1 Å². The van der Waals surface area contributed by atoms with Gasteiger partial charge < -0.3 is 9.26 Å². The summed E-state index contributed by atoms with van der Waals surface area (Å²) in [6.45, 7) is 3.81. The number of hydrogen-bond donors (Lipinski definition) is 0. The molecule has 1 aliphatic heterocycles. The molecule has 23 heavy (non-hydrogen) atoms. The summed E-state index contributed by atoms with van der Waals surface area (Å²) in [4.78, 5) is 14.4. The molecule has 1 saturated heterocycles. The molecule has 0 unspecified atom stereocenters. The maximum Gasteiger partial charge on any atom is 0.323 e. The highest BCUT2D eigenvalue weighted by atomic mass is 16.5. The second kappa shape index (κ2) is 7.42. The van der Waals surface area contributed by atoms with Crippen LogP contribution in [0.1, 0.15) is 31.7 Å². The molecule has 5 nitrogen and oxygen atoms in total. The number of carbonyl (C=O) groups excluding carboxylic acids is 1. The Balaban J connectivity index is 1.78. The summed E-state index contributed by atoms with van der Waals surface area (Å²) in [5.41, 5.74) is 2.01. The van der Waals surface area contributed by atoms with E-state index in [9.17, 15) is 4.79 Å². The Morgan fingerprint density at radius 2 is 2.17 bits per heavy atom. The van der Waals surface area contributed by atoms with Gasteiger partial charge in [0.2, 0.25) is 0 Å².